The van der Waals surface area contributed by atoms with E-state index in [1.54, 1.807) is 0 Å². The van der Waals surface area contributed by atoms with Crippen molar-refractivity contribution in [3.05, 3.63) is 17.2 Å². The Morgan fingerprint density at radius 1 is 1.27 bits per heavy atom. The van der Waals surface area contributed by atoms with Crippen molar-refractivity contribution in [3.63, 3.8) is 0 Å². The summed E-state index contributed by atoms with van der Waals surface area (Å²) in [4.78, 5) is 25.0. The van der Waals surface area contributed by atoms with E-state index in [1.807, 2.05) is 0 Å². The summed E-state index contributed by atoms with van der Waals surface area (Å²) in [6, 6.07) is 1.15. The van der Waals surface area contributed by atoms with Crippen LogP contribution in [0.4, 0.5) is 0 Å². The zero-order valence-electron chi connectivity index (χ0n) is 12.5. The molecule has 3 rings (SSSR count). The monoisotopic (exact) mass is 306 g/mol. The highest BCUT2D eigenvalue weighted by Gasteiger charge is 2.61. The van der Waals surface area contributed by atoms with E-state index in [0.29, 0.717) is 6.42 Å². The Kier molecular flexibility index (Phi) is 3.01. The molecule has 0 heterocycles. The van der Waals surface area contributed by atoms with Crippen molar-refractivity contribution in [3.8, 4) is 17.2 Å². The zero-order chi connectivity index (χ0) is 16.3. The summed E-state index contributed by atoms with van der Waals surface area (Å²) < 4.78 is 5.01. The fourth-order valence-electron chi connectivity index (χ4n) is 3.85. The van der Waals surface area contributed by atoms with E-state index < -0.39 is 16.8 Å². The second kappa shape index (κ2) is 4.46. The van der Waals surface area contributed by atoms with Gasteiger partial charge in [-0.1, -0.05) is 0 Å². The Hall–Kier alpha value is -2.08. The number of hydrogen-bond donors (Lipinski definition) is 3. The van der Waals surface area contributed by atoms with Crippen molar-refractivity contribution in [2.75, 3.05) is 7.11 Å². The largest absolute Gasteiger partial charge is 0.507 e. The van der Waals surface area contributed by atoms with Crippen molar-refractivity contribution >= 4 is 11.6 Å². The van der Waals surface area contributed by atoms with Crippen molar-refractivity contribution in [1.82, 2.24) is 0 Å². The third-order valence-corrected chi connectivity index (χ3v) is 5.18. The van der Waals surface area contributed by atoms with Crippen LogP contribution in [0, 0.1) is 0 Å². The smallest absolute Gasteiger partial charge is 0.169 e. The molecule has 0 unspecified atom stereocenters. The van der Waals surface area contributed by atoms with Crippen LogP contribution in [0.25, 0.3) is 0 Å². The molecule has 0 bridgehead atoms. The number of hydrogen-bond acceptors (Lipinski definition) is 6. The summed E-state index contributed by atoms with van der Waals surface area (Å²) in [6.45, 7) is 1.53. The highest BCUT2D eigenvalue weighted by atomic mass is 16.5. The van der Waals surface area contributed by atoms with Crippen LogP contribution in [0.1, 0.15) is 48.5 Å². The molecule has 2 aliphatic rings. The Bertz CT molecular complexity index is 694. The van der Waals surface area contributed by atoms with Gasteiger partial charge in [0, 0.05) is 24.5 Å². The molecular formula is C16H18O6. The number of carbonyl (C=O) groups is 2. The van der Waals surface area contributed by atoms with Crippen LogP contribution in [0.3, 0.4) is 0 Å². The normalized spacial score (nSPS) is 30.7. The van der Waals surface area contributed by atoms with Crippen LogP contribution in [0.2, 0.25) is 0 Å². The fraction of sp³-hybridized carbons (Fsp3) is 0.500. The van der Waals surface area contributed by atoms with Gasteiger partial charge >= 0.3 is 0 Å². The Labute approximate surface area is 127 Å². The Morgan fingerprint density at radius 3 is 2.59 bits per heavy atom. The van der Waals surface area contributed by atoms with Gasteiger partial charge in [-0.15, -0.1) is 0 Å². The van der Waals surface area contributed by atoms with Crippen LogP contribution < -0.4 is 4.74 Å². The highest BCUT2D eigenvalue weighted by Crippen LogP contribution is 2.56. The number of carbonyl (C=O) groups excluding carboxylic acids is 2. The van der Waals surface area contributed by atoms with E-state index in [0.717, 1.165) is 6.07 Å². The van der Waals surface area contributed by atoms with Gasteiger partial charge in [0.15, 0.2) is 17.3 Å². The average Bonchev–Trinajstić information content (AvgIpc) is 2.45. The highest BCUT2D eigenvalue weighted by molar-refractivity contribution is 6.08. The first-order valence-corrected chi connectivity index (χ1v) is 7.18. The maximum Gasteiger partial charge on any atom is 0.169 e. The summed E-state index contributed by atoms with van der Waals surface area (Å²) in [7, 11) is 1.31. The van der Waals surface area contributed by atoms with E-state index in [1.165, 1.54) is 14.0 Å². The van der Waals surface area contributed by atoms with Crippen LogP contribution in [0.15, 0.2) is 6.07 Å². The Morgan fingerprint density at radius 2 is 1.95 bits per heavy atom. The topological polar surface area (TPSA) is 104 Å². The molecule has 22 heavy (non-hydrogen) atoms. The SMILES string of the molecule is COc1cc(O)c2c(c1O)[C@]1(C)C(=O)CCC[C@]1(O)CC2=O. The lowest BCUT2D eigenvalue weighted by molar-refractivity contribution is -0.142. The third kappa shape index (κ3) is 1.58. The van der Waals surface area contributed by atoms with Crippen molar-refractivity contribution in [1.29, 1.82) is 0 Å². The summed E-state index contributed by atoms with van der Waals surface area (Å²) in [5.74, 6) is -1.50. The molecule has 118 valence electrons. The molecule has 0 spiro atoms. The second-order valence-electron chi connectivity index (χ2n) is 6.23. The second-order valence-corrected chi connectivity index (χ2v) is 6.23. The molecule has 1 saturated carbocycles. The lowest BCUT2D eigenvalue weighted by atomic mass is 9.54. The summed E-state index contributed by atoms with van der Waals surface area (Å²) in [6.07, 6.45) is 0.785. The number of methoxy groups -OCH3 is 1. The van der Waals surface area contributed by atoms with Crippen molar-refractivity contribution in [2.45, 2.75) is 43.6 Å². The zero-order valence-corrected chi connectivity index (χ0v) is 12.5. The lowest BCUT2D eigenvalue weighted by Crippen LogP contribution is -2.61. The molecule has 0 radical (unpaired) electrons. The quantitative estimate of drug-likeness (QED) is 0.678. The van der Waals surface area contributed by atoms with Gasteiger partial charge in [-0.2, -0.15) is 0 Å². The molecule has 1 aromatic rings. The van der Waals surface area contributed by atoms with Gasteiger partial charge in [0.25, 0.3) is 0 Å². The van der Waals surface area contributed by atoms with Gasteiger partial charge < -0.3 is 20.1 Å². The molecule has 2 aliphatic carbocycles. The number of Topliss-reactive ketones (excluding diaryl/α,β-unsaturated/α-hetero) is 2. The minimum atomic E-state index is -1.55. The number of aliphatic hydroxyl groups is 1. The van der Waals surface area contributed by atoms with Gasteiger partial charge in [0.05, 0.1) is 23.7 Å². The molecule has 2 atom stereocenters. The van der Waals surface area contributed by atoms with Crippen molar-refractivity contribution in [2.24, 2.45) is 0 Å². The molecule has 6 nitrogen and oxygen atoms in total. The maximum absolute atomic E-state index is 12.6. The van der Waals surface area contributed by atoms with Gasteiger partial charge in [0.1, 0.15) is 11.5 Å². The van der Waals surface area contributed by atoms with E-state index in [-0.39, 0.29) is 53.4 Å². The number of aromatic hydroxyl groups is 2. The fourth-order valence-corrected chi connectivity index (χ4v) is 3.85. The summed E-state index contributed by atoms with van der Waals surface area (Å²) >= 11 is 0. The molecule has 0 saturated heterocycles. The van der Waals surface area contributed by atoms with Crippen LogP contribution in [-0.2, 0) is 10.2 Å². The summed E-state index contributed by atoms with van der Waals surface area (Å²) in [5, 5.41) is 31.5. The number of phenolic OH excluding ortho intramolecular Hbond substituents is 2. The Balaban J connectivity index is 2.41. The standard InChI is InChI=1S/C16H18O6/c1-15-11(19)4-3-5-16(15,21)7-9(18)12-8(17)6-10(22-2)14(20)13(12)15/h6,17,20-21H,3-5,7H2,1-2H3/t15-,16-/m0/s1. The predicted octanol–water partition coefficient (Wildman–Crippen LogP) is 1.43. The summed E-state index contributed by atoms with van der Waals surface area (Å²) in [5.41, 5.74) is -3.11. The lowest BCUT2D eigenvalue weighted by Gasteiger charge is -2.50. The van der Waals surface area contributed by atoms with Gasteiger partial charge in [-0.25, -0.2) is 0 Å². The molecule has 3 N–H and O–H groups in total. The minimum Gasteiger partial charge on any atom is -0.507 e. The first kappa shape index (κ1) is 14.8. The molecular weight excluding hydrogens is 288 g/mol. The van der Waals surface area contributed by atoms with Gasteiger partial charge in [0.2, 0.25) is 0 Å². The number of rotatable bonds is 1. The van der Waals surface area contributed by atoms with E-state index in [4.69, 9.17) is 4.74 Å². The molecule has 0 aromatic heterocycles. The van der Waals surface area contributed by atoms with Crippen LogP contribution >= 0.6 is 0 Å². The van der Waals surface area contributed by atoms with Crippen molar-refractivity contribution < 1.29 is 29.6 Å². The molecule has 1 aromatic carbocycles. The minimum absolute atomic E-state index is 0.0206. The number of ether oxygens (including phenoxy) is 1. The maximum atomic E-state index is 12.6. The first-order valence-electron chi connectivity index (χ1n) is 7.18. The predicted molar refractivity (Wildman–Crippen MR) is 76.4 cm³/mol. The van der Waals surface area contributed by atoms with Gasteiger partial charge in [-0.3, -0.25) is 9.59 Å². The molecule has 6 heteroatoms. The van der Waals surface area contributed by atoms with E-state index >= 15 is 0 Å². The van der Waals surface area contributed by atoms with Gasteiger partial charge in [-0.05, 0) is 19.8 Å². The molecule has 0 aliphatic heterocycles. The number of benzene rings is 1. The number of phenols is 2. The van der Waals surface area contributed by atoms with E-state index in [9.17, 15) is 24.9 Å². The van der Waals surface area contributed by atoms with E-state index in [2.05, 4.69) is 0 Å². The molecule has 0 amide bonds. The number of fused-ring (bicyclic) bond motifs is 3. The molecule has 1 fully saturated rings. The van der Waals surface area contributed by atoms with Crippen LogP contribution in [0.5, 0.6) is 17.2 Å². The van der Waals surface area contributed by atoms with Crippen LogP contribution in [-0.4, -0.2) is 39.6 Å². The first-order chi connectivity index (χ1) is 10.3. The number of ketones is 2. The third-order valence-electron chi connectivity index (χ3n) is 5.18. The average molecular weight is 306 g/mol.